The molecule has 19 heavy (non-hydrogen) atoms. The molecule has 0 saturated carbocycles. The van der Waals surface area contributed by atoms with Gasteiger partial charge < -0.3 is 10.2 Å². The maximum Gasteiger partial charge on any atom is 0.253 e. The van der Waals surface area contributed by atoms with Crippen LogP contribution in [0.2, 0.25) is 0 Å². The molecule has 0 bridgehead atoms. The van der Waals surface area contributed by atoms with Crippen molar-refractivity contribution in [1.29, 1.82) is 0 Å². The number of nitrogens with zero attached hydrogens (tertiary/aromatic N) is 1. The first kappa shape index (κ1) is 14.1. The fraction of sp³-hybridized carbons (Fsp3) is 0.562. The molecule has 0 aromatic heterocycles. The summed E-state index contributed by atoms with van der Waals surface area (Å²) >= 11 is 0. The van der Waals surface area contributed by atoms with E-state index in [1.165, 1.54) is 19.3 Å². The van der Waals surface area contributed by atoms with Crippen LogP contribution in [0.4, 0.5) is 0 Å². The largest absolute Gasteiger partial charge is 0.337 e. The van der Waals surface area contributed by atoms with Crippen LogP contribution in [0.3, 0.4) is 0 Å². The van der Waals surface area contributed by atoms with Crippen LogP contribution in [-0.2, 0) is 0 Å². The molecule has 1 heterocycles. The van der Waals surface area contributed by atoms with Crippen molar-refractivity contribution < 1.29 is 4.79 Å². The number of benzene rings is 1. The minimum Gasteiger partial charge on any atom is -0.337 e. The number of nitrogens with one attached hydrogen (secondary N) is 1. The molecule has 0 spiro atoms. The van der Waals surface area contributed by atoms with Gasteiger partial charge in [-0.15, -0.1) is 0 Å². The van der Waals surface area contributed by atoms with Crippen LogP contribution in [0.5, 0.6) is 0 Å². The first-order valence-corrected chi connectivity index (χ1v) is 7.39. The number of piperidine rings is 1. The molecule has 1 unspecified atom stereocenters. The zero-order valence-corrected chi connectivity index (χ0v) is 11.8. The third-order valence-electron chi connectivity index (χ3n) is 3.65. The Bertz CT molecular complexity index is 385. The molecule has 1 aliphatic heterocycles. The first-order valence-electron chi connectivity index (χ1n) is 7.39. The van der Waals surface area contributed by atoms with Crippen molar-refractivity contribution in [2.45, 2.75) is 38.6 Å². The smallest absolute Gasteiger partial charge is 0.253 e. The fourth-order valence-corrected chi connectivity index (χ4v) is 2.65. The highest BCUT2D eigenvalue weighted by Crippen LogP contribution is 2.11. The van der Waals surface area contributed by atoms with Gasteiger partial charge in [0, 0.05) is 24.7 Å². The minimum atomic E-state index is 0.162. The van der Waals surface area contributed by atoms with Gasteiger partial charge in [-0.05, 0) is 37.9 Å². The maximum atomic E-state index is 12.5. The zero-order chi connectivity index (χ0) is 13.5. The van der Waals surface area contributed by atoms with Gasteiger partial charge in [0.1, 0.15) is 0 Å². The Morgan fingerprint density at radius 3 is 2.74 bits per heavy atom. The predicted octanol–water partition coefficient (Wildman–Crippen LogP) is 2.68. The second kappa shape index (κ2) is 7.29. The number of rotatable bonds is 5. The van der Waals surface area contributed by atoms with E-state index in [0.29, 0.717) is 6.04 Å². The molecule has 0 aliphatic carbocycles. The topological polar surface area (TPSA) is 32.3 Å². The van der Waals surface area contributed by atoms with Crippen LogP contribution in [0.15, 0.2) is 30.3 Å². The second-order valence-corrected chi connectivity index (χ2v) is 5.26. The molecule has 2 rings (SSSR count). The SMILES string of the molecule is CCCN(CC1CCCCN1)C(=O)c1ccccc1. The van der Waals surface area contributed by atoms with Gasteiger partial charge in [0.25, 0.3) is 5.91 Å². The highest BCUT2D eigenvalue weighted by atomic mass is 16.2. The van der Waals surface area contributed by atoms with E-state index in [-0.39, 0.29) is 5.91 Å². The van der Waals surface area contributed by atoms with Crippen molar-refractivity contribution in [3.63, 3.8) is 0 Å². The molecular formula is C16H24N2O. The van der Waals surface area contributed by atoms with Crippen molar-refractivity contribution in [2.24, 2.45) is 0 Å². The molecule has 1 saturated heterocycles. The van der Waals surface area contributed by atoms with E-state index >= 15 is 0 Å². The van der Waals surface area contributed by atoms with Crippen LogP contribution >= 0.6 is 0 Å². The van der Waals surface area contributed by atoms with Crippen molar-refractivity contribution >= 4 is 5.91 Å². The number of carbonyl (C=O) groups is 1. The lowest BCUT2D eigenvalue weighted by molar-refractivity contribution is 0.0731. The van der Waals surface area contributed by atoms with E-state index in [2.05, 4.69) is 12.2 Å². The van der Waals surface area contributed by atoms with Crippen LogP contribution in [0.25, 0.3) is 0 Å². The van der Waals surface area contributed by atoms with Gasteiger partial charge in [-0.2, -0.15) is 0 Å². The fourth-order valence-electron chi connectivity index (χ4n) is 2.65. The summed E-state index contributed by atoms with van der Waals surface area (Å²) < 4.78 is 0. The average molecular weight is 260 g/mol. The summed E-state index contributed by atoms with van der Waals surface area (Å²) in [5, 5.41) is 3.52. The molecule has 1 fully saturated rings. The van der Waals surface area contributed by atoms with E-state index < -0.39 is 0 Å². The Balaban J connectivity index is 2.00. The van der Waals surface area contributed by atoms with Crippen LogP contribution in [0, 0.1) is 0 Å². The van der Waals surface area contributed by atoms with E-state index in [1.807, 2.05) is 35.2 Å². The highest BCUT2D eigenvalue weighted by Gasteiger charge is 2.20. The van der Waals surface area contributed by atoms with Crippen molar-refractivity contribution in [2.75, 3.05) is 19.6 Å². The Morgan fingerprint density at radius 1 is 1.32 bits per heavy atom. The molecule has 1 amide bonds. The van der Waals surface area contributed by atoms with Crippen LogP contribution < -0.4 is 5.32 Å². The van der Waals surface area contributed by atoms with Gasteiger partial charge >= 0.3 is 0 Å². The second-order valence-electron chi connectivity index (χ2n) is 5.26. The lowest BCUT2D eigenvalue weighted by Gasteiger charge is -2.30. The average Bonchev–Trinajstić information content (AvgIpc) is 2.48. The molecular weight excluding hydrogens is 236 g/mol. The van der Waals surface area contributed by atoms with E-state index in [0.717, 1.165) is 31.6 Å². The lowest BCUT2D eigenvalue weighted by atomic mass is 10.0. The minimum absolute atomic E-state index is 0.162. The van der Waals surface area contributed by atoms with Gasteiger partial charge in [-0.3, -0.25) is 4.79 Å². The molecule has 1 atom stereocenters. The lowest BCUT2D eigenvalue weighted by Crippen LogP contribution is -2.46. The number of amides is 1. The Kier molecular flexibility index (Phi) is 5.40. The molecule has 1 N–H and O–H groups in total. The van der Waals surface area contributed by atoms with Crippen LogP contribution in [-0.4, -0.2) is 36.5 Å². The molecule has 0 radical (unpaired) electrons. The number of carbonyl (C=O) groups excluding carboxylic acids is 1. The van der Waals surface area contributed by atoms with E-state index in [4.69, 9.17) is 0 Å². The van der Waals surface area contributed by atoms with E-state index in [1.54, 1.807) is 0 Å². The molecule has 3 nitrogen and oxygen atoms in total. The highest BCUT2D eigenvalue weighted by molar-refractivity contribution is 5.94. The van der Waals surface area contributed by atoms with Crippen molar-refractivity contribution in [3.05, 3.63) is 35.9 Å². The van der Waals surface area contributed by atoms with Gasteiger partial charge in [-0.25, -0.2) is 0 Å². The summed E-state index contributed by atoms with van der Waals surface area (Å²) in [6, 6.07) is 10.1. The number of hydrogen-bond acceptors (Lipinski definition) is 2. The Labute approximate surface area is 116 Å². The third kappa shape index (κ3) is 4.06. The van der Waals surface area contributed by atoms with Crippen molar-refractivity contribution in [1.82, 2.24) is 10.2 Å². The standard InChI is InChI=1S/C16H24N2O/c1-2-12-18(13-15-10-6-7-11-17-15)16(19)14-8-4-3-5-9-14/h3-5,8-9,15,17H,2,6-7,10-13H2,1H3. The summed E-state index contributed by atoms with van der Waals surface area (Å²) in [7, 11) is 0. The molecule has 104 valence electrons. The van der Waals surface area contributed by atoms with Gasteiger partial charge in [-0.1, -0.05) is 31.5 Å². The summed E-state index contributed by atoms with van der Waals surface area (Å²) in [6.45, 7) is 4.89. The molecule has 1 aromatic carbocycles. The van der Waals surface area contributed by atoms with Gasteiger partial charge in [0.15, 0.2) is 0 Å². The van der Waals surface area contributed by atoms with Gasteiger partial charge in [0.2, 0.25) is 0 Å². The number of hydrogen-bond donors (Lipinski definition) is 1. The van der Waals surface area contributed by atoms with E-state index in [9.17, 15) is 4.79 Å². The zero-order valence-electron chi connectivity index (χ0n) is 11.8. The van der Waals surface area contributed by atoms with Crippen molar-refractivity contribution in [3.8, 4) is 0 Å². The summed E-state index contributed by atoms with van der Waals surface area (Å²) in [4.78, 5) is 14.5. The third-order valence-corrected chi connectivity index (χ3v) is 3.65. The first-order chi connectivity index (χ1) is 9.31. The summed E-state index contributed by atoms with van der Waals surface area (Å²) in [5.41, 5.74) is 0.798. The molecule has 1 aliphatic rings. The summed E-state index contributed by atoms with van der Waals surface area (Å²) in [6.07, 6.45) is 4.72. The Morgan fingerprint density at radius 2 is 2.11 bits per heavy atom. The quantitative estimate of drug-likeness (QED) is 0.883. The summed E-state index contributed by atoms with van der Waals surface area (Å²) in [5.74, 6) is 0.162. The molecule has 1 aromatic rings. The predicted molar refractivity (Wildman–Crippen MR) is 78.3 cm³/mol. The van der Waals surface area contributed by atoms with Crippen LogP contribution in [0.1, 0.15) is 43.0 Å². The molecule has 3 heteroatoms. The monoisotopic (exact) mass is 260 g/mol. The van der Waals surface area contributed by atoms with Gasteiger partial charge in [0.05, 0.1) is 0 Å². The Hall–Kier alpha value is -1.35. The normalized spacial score (nSPS) is 19.1. The maximum absolute atomic E-state index is 12.5.